The Balaban J connectivity index is 2.06. The summed E-state index contributed by atoms with van der Waals surface area (Å²) in [7, 11) is 0. The highest BCUT2D eigenvalue weighted by molar-refractivity contribution is 6.21. The van der Waals surface area contributed by atoms with Crippen molar-refractivity contribution in [3.8, 4) is 0 Å². The number of hydrogen-bond acceptors (Lipinski definition) is 3. The number of aliphatic carboxylic acids is 1. The van der Waals surface area contributed by atoms with Gasteiger partial charge in [-0.25, -0.2) is 4.39 Å². The Labute approximate surface area is 108 Å². The number of carbonyl (C=O) groups is 3. The van der Waals surface area contributed by atoms with E-state index in [1.165, 1.54) is 12.1 Å². The van der Waals surface area contributed by atoms with Crippen molar-refractivity contribution in [1.29, 1.82) is 0 Å². The molecule has 0 fully saturated rings. The van der Waals surface area contributed by atoms with E-state index < -0.39 is 30.5 Å². The topological polar surface area (TPSA) is 74.7 Å². The molecule has 0 aromatic heterocycles. The van der Waals surface area contributed by atoms with E-state index in [2.05, 4.69) is 0 Å². The maximum absolute atomic E-state index is 13.6. The average Bonchev–Trinajstić information content (AvgIpc) is 2.62. The van der Waals surface area contributed by atoms with Crippen molar-refractivity contribution in [2.75, 3.05) is 6.54 Å². The van der Waals surface area contributed by atoms with Crippen LogP contribution >= 0.6 is 0 Å². The van der Waals surface area contributed by atoms with Crippen molar-refractivity contribution in [2.45, 2.75) is 19.0 Å². The van der Waals surface area contributed by atoms with Crippen molar-refractivity contribution >= 4 is 17.8 Å². The van der Waals surface area contributed by atoms with Crippen LogP contribution in [0.1, 0.15) is 33.6 Å². The number of benzene rings is 1. The number of rotatable bonds is 5. The van der Waals surface area contributed by atoms with Gasteiger partial charge in [0.1, 0.15) is 6.17 Å². The summed E-state index contributed by atoms with van der Waals surface area (Å²) in [5.74, 6) is -2.16. The fourth-order valence-electron chi connectivity index (χ4n) is 1.97. The molecule has 2 rings (SSSR count). The lowest BCUT2D eigenvalue weighted by atomic mass is 10.1. The summed E-state index contributed by atoms with van der Waals surface area (Å²) in [5, 5.41) is 8.46. The monoisotopic (exact) mass is 265 g/mol. The van der Waals surface area contributed by atoms with Gasteiger partial charge in [0.15, 0.2) is 0 Å². The van der Waals surface area contributed by atoms with Crippen molar-refractivity contribution < 1.29 is 23.9 Å². The second-order valence-corrected chi connectivity index (χ2v) is 4.30. The van der Waals surface area contributed by atoms with Gasteiger partial charge in [-0.3, -0.25) is 19.3 Å². The van der Waals surface area contributed by atoms with Crippen LogP contribution in [0.2, 0.25) is 0 Å². The van der Waals surface area contributed by atoms with Crippen molar-refractivity contribution in [1.82, 2.24) is 4.90 Å². The van der Waals surface area contributed by atoms with Gasteiger partial charge in [-0.1, -0.05) is 12.1 Å². The predicted octanol–water partition coefficient (Wildman–Crippen LogP) is 1.49. The van der Waals surface area contributed by atoms with Crippen molar-refractivity contribution in [2.24, 2.45) is 0 Å². The summed E-state index contributed by atoms with van der Waals surface area (Å²) in [6, 6.07) is 6.29. The zero-order valence-corrected chi connectivity index (χ0v) is 10.0. The molecule has 5 nitrogen and oxygen atoms in total. The molecule has 1 aromatic rings. The van der Waals surface area contributed by atoms with E-state index in [9.17, 15) is 18.8 Å². The summed E-state index contributed by atoms with van der Waals surface area (Å²) in [6.45, 7) is -0.403. The molecular weight excluding hydrogens is 253 g/mol. The molecule has 0 bridgehead atoms. The van der Waals surface area contributed by atoms with Crippen LogP contribution in [0.15, 0.2) is 24.3 Å². The molecule has 1 aliphatic heterocycles. The maximum atomic E-state index is 13.6. The first kappa shape index (κ1) is 13.2. The van der Waals surface area contributed by atoms with Gasteiger partial charge in [0.25, 0.3) is 11.8 Å². The first-order chi connectivity index (χ1) is 9.00. The molecule has 1 heterocycles. The second kappa shape index (κ2) is 5.17. The molecule has 0 aliphatic carbocycles. The molecular formula is C13H12FNO4. The van der Waals surface area contributed by atoms with E-state index in [0.29, 0.717) is 0 Å². The third kappa shape index (κ3) is 2.62. The lowest BCUT2D eigenvalue weighted by Crippen LogP contribution is -2.35. The van der Waals surface area contributed by atoms with E-state index in [1.807, 2.05) is 0 Å². The molecule has 1 atom stereocenters. The molecule has 1 N–H and O–H groups in total. The fraction of sp³-hybridized carbons (Fsp3) is 0.308. The first-order valence-corrected chi connectivity index (χ1v) is 5.82. The molecule has 0 saturated carbocycles. The largest absolute Gasteiger partial charge is 0.481 e. The minimum Gasteiger partial charge on any atom is -0.481 e. The van der Waals surface area contributed by atoms with E-state index in [4.69, 9.17) is 5.11 Å². The minimum absolute atomic E-state index is 0.220. The highest BCUT2D eigenvalue weighted by Crippen LogP contribution is 2.23. The second-order valence-electron chi connectivity index (χ2n) is 4.30. The lowest BCUT2D eigenvalue weighted by molar-refractivity contribution is -0.137. The Bertz CT molecular complexity index is 508. The molecule has 19 heavy (non-hydrogen) atoms. The summed E-state index contributed by atoms with van der Waals surface area (Å²) in [5.41, 5.74) is 0.524. The zero-order chi connectivity index (χ0) is 14.0. The highest BCUT2D eigenvalue weighted by atomic mass is 19.1. The van der Waals surface area contributed by atoms with Crippen LogP contribution in [0, 0.1) is 0 Å². The molecule has 1 aromatic carbocycles. The van der Waals surface area contributed by atoms with E-state index in [1.54, 1.807) is 12.1 Å². The quantitative estimate of drug-likeness (QED) is 0.818. The maximum Gasteiger partial charge on any atom is 0.303 e. The predicted molar refractivity (Wildman–Crippen MR) is 63.6 cm³/mol. The first-order valence-electron chi connectivity index (χ1n) is 5.82. The summed E-state index contributed by atoms with van der Waals surface area (Å²) >= 11 is 0. The zero-order valence-electron chi connectivity index (χ0n) is 10.0. The summed E-state index contributed by atoms with van der Waals surface area (Å²) in [6.07, 6.45) is -2.08. The smallest absolute Gasteiger partial charge is 0.303 e. The van der Waals surface area contributed by atoms with Gasteiger partial charge in [0.2, 0.25) is 0 Å². The molecule has 100 valence electrons. The summed E-state index contributed by atoms with van der Waals surface area (Å²) in [4.78, 5) is 35.0. The number of carboxylic acid groups (broad SMARTS) is 1. The number of imide groups is 1. The Kier molecular flexibility index (Phi) is 3.59. The van der Waals surface area contributed by atoms with Gasteiger partial charge < -0.3 is 5.11 Å². The Morgan fingerprint density at radius 2 is 1.74 bits per heavy atom. The normalized spacial score (nSPS) is 15.5. The molecule has 6 heteroatoms. The van der Waals surface area contributed by atoms with Crippen LogP contribution in [0.3, 0.4) is 0 Å². The fourth-order valence-corrected chi connectivity index (χ4v) is 1.97. The van der Waals surface area contributed by atoms with Crippen LogP contribution in [-0.4, -0.2) is 40.5 Å². The van der Waals surface area contributed by atoms with Crippen LogP contribution in [0.25, 0.3) is 0 Å². The lowest BCUT2D eigenvalue weighted by Gasteiger charge is -2.16. The average molecular weight is 265 g/mol. The molecule has 1 unspecified atom stereocenters. The number of amides is 2. The number of carboxylic acids is 1. The Hall–Kier alpha value is -2.24. The van der Waals surface area contributed by atoms with Gasteiger partial charge >= 0.3 is 5.97 Å². The van der Waals surface area contributed by atoms with E-state index in [0.717, 1.165) is 4.90 Å². The van der Waals surface area contributed by atoms with E-state index in [-0.39, 0.29) is 24.0 Å². The third-order valence-corrected chi connectivity index (χ3v) is 2.93. The number of fused-ring (bicyclic) bond motifs is 1. The SMILES string of the molecule is O=C(O)CCC(F)CN1C(=O)c2ccccc2C1=O. The number of alkyl halides is 1. The van der Waals surface area contributed by atoms with Gasteiger partial charge in [-0.15, -0.1) is 0 Å². The third-order valence-electron chi connectivity index (χ3n) is 2.93. The van der Waals surface area contributed by atoms with Crippen LogP contribution in [-0.2, 0) is 4.79 Å². The number of nitrogens with zero attached hydrogens (tertiary/aromatic N) is 1. The van der Waals surface area contributed by atoms with Crippen molar-refractivity contribution in [3.63, 3.8) is 0 Å². The Morgan fingerprint density at radius 1 is 1.21 bits per heavy atom. The minimum atomic E-state index is -1.53. The molecule has 0 spiro atoms. The molecule has 0 saturated heterocycles. The number of hydrogen-bond donors (Lipinski definition) is 1. The highest BCUT2D eigenvalue weighted by Gasteiger charge is 2.36. The molecule has 0 radical (unpaired) electrons. The van der Waals surface area contributed by atoms with Gasteiger partial charge in [0.05, 0.1) is 17.7 Å². The van der Waals surface area contributed by atoms with Gasteiger partial charge in [-0.2, -0.15) is 0 Å². The molecule has 1 aliphatic rings. The van der Waals surface area contributed by atoms with Crippen LogP contribution in [0.4, 0.5) is 4.39 Å². The number of halogens is 1. The van der Waals surface area contributed by atoms with Gasteiger partial charge in [0, 0.05) is 6.42 Å². The van der Waals surface area contributed by atoms with Crippen LogP contribution < -0.4 is 0 Å². The summed E-state index contributed by atoms with van der Waals surface area (Å²) < 4.78 is 13.6. The van der Waals surface area contributed by atoms with Crippen molar-refractivity contribution in [3.05, 3.63) is 35.4 Å². The Morgan fingerprint density at radius 3 is 2.21 bits per heavy atom. The van der Waals surface area contributed by atoms with Crippen LogP contribution in [0.5, 0.6) is 0 Å². The van der Waals surface area contributed by atoms with E-state index >= 15 is 0 Å². The molecule has 2 amide bonds. The standard InChI is InChI=1S/C13H12FNO4/c14-8(5-6-11(16)17)7-15-12(18)9-3-1-2-4-10(9)13(15)19/h1-4,8H,5-7H2,(H,16,17). The number of carbonyl (C=O) groups excluding carboxylic acids is 2. The van der Waals surface area contributed by atoms with Gasteiger partial charge in [-0.05, 0) is 18.6 Å².